The van der Waals surface area contributed by atoms with E-state index >= 15 is 0 Å². The Morgan fingerprint density at radius 3 is 1.85 bits per heavy atom. The lowest BCUT2D eigenvalue weighted by Crippen LogP contribution is -2.60. The Bertz CT molecular complexity index is 709. The first-order chi connectivity index (χ1) is 11.8. The third-order valence-electron chi connectivity index (χ3n) is 5.10. The first-order valence-corrected chi connectivity index (χ1v) is 8.22. The van der Waals surface area contributed by atoms with Crippen molar-refractivity contribution in [1.82, 2.24) is 4.90 Å². The highest BCUT2D eigenvalue weighted by molar-refractivity contribution is 5.91. The van der Waals surface area contributed by atoms with Crippen LogP contribution in [0.15, 0.2) is 18.2 Å². The average Bonchev–Trinajstić information content (AvgIpc) is 2.51. The van der Waals surface area contributed by atoms with Crippen LogP contribution in [0.5, 0.6) is 0 Å². The summed E-state index contributed by atoms with van der Waals surface area (Å²) >= 11 is 0. The molecule has 0 amide bonds. The van der Waals surface area contributed by atoms with Crippen molar-refractivity contribution in [1.29, 1.82) is 0 Å². The lowest BCUT2D eigenvalue weighted by Gasteiger charge is -2.53. The number of likely N-dealkylation sites (tertiary alicyclic amines) is 1. The standard InChI is InChI=1S/C17H23N3O6/c1-16(2)9-14(10-17(3,4)18(16)5)26-15(21)11-6-12(19(22)23)8-13(7-11)20(24)25/h6-8,14H,9-10H2,1-5H3. The molecule has 1 saturated heterocycles. The Kier molecular flexibility index (Phi) is 5.05. The summed E-state index contributed by atoms with van der Waals surface area (Å²) in [4.78, 5) is 35.1. The zero-order valence-electron chi connectivity index (χ0n) is 15.5. The summed E-state index contributed by atoms with van der Waals surface area (Å²) in [5.74, 6) is -0.794. The molecule has 0 radical (unpaired) electrons. The molecule has 1 aliphatic rings. The van der Waals surface area contributed by atoms with Gasteiger partial charge in [-0.15, -0.1) is 0 Å². The molecule has 142 valence electrons. The van der Waals surface area contributed by atoms with Gasteiger partial charge in [0.25, 0.3) is 11.4 Å². The number of nitro groups is 2. The van der Waals surface area contributed by atoms with Gasteiger partial charge in [-0.25, -0.2) is 4.79 Å². The van der Waals surface area contributed by atoms with Crippen LogP contribution >= 0.6 is 0 Å². The number of benzene rings is 1. The quantitative estimate of drug-likeness (QED) is 0.456. The van der Waals surface area contributed by atoms with E-state index in [4.69, 9.17) is 4.74 Å². The van der Waals surface area contributed by atoms with Crippen molar-refractivity contribution >= 4 is 17.3 Å². The predicted octanol–water partition coefficient (Wildman–Crippen LogP) is 3.31. The monoisotopic (exact) mass is 365 g/mol. The average molecular weight is 365 g/mol. The van der Waals surface area contributed by atoms with Crippen molar-refractivity contribution in [2.45, 2.75) is 57.7 Å². The molecule has 0 atom stereocenters. The number of hydrogen-bond acceptors (Lipinski definition) is 7. The highest BCUT2D eigenvalue weighted by Crippen LogP contribution is 2.38. The van der Waals surface area contributed by atoms with Crippen LogP contribution in [0, 0.1) is 20.2 Å². The fourth-order valence-corrected chi connectivity index (χ4v) is 3.51. The van der Waals surface area contributed by atoms with Crippen LogP contribution in [0.1, 0.15) is 50.9 Å². The lowest BCUT2D eigenvalue weighted by atomic mass is 9.79. The molecule has 9 nitrogen and oxygen atoms in total. The number of hydrogen-bond donors (Lipinski definition) is 0. The molecule has 0 spiro atoms. The van der Waals surface area contributed by atoms with Crippen LogP contribution in [-0.2, 0) is 4.74 Å². The predicted molar refractivity (Wildman–Crippen MR) is 94.1 cm³/mol. The number of esters is 1. The molecule has 0 bridgehead atoms. The maximum atomic E-state index is 12.5. The Labute approximate surface area is 151 Å². The fourth-order valence-electron chi connectivity index (χ4n) is 3.51. The second-order valence-corrected chi connectivity index (χ2v) is 7.87. The minimum absolute atomic E-state index is 0.194. The molecule has 0 N–H and O–H groups in total. The number of nitrogens with zero attached hydrogens (tertiary/aromatic N) is 3. The van der Waals surface area contributed by atoms with E-state index in [1.54, 1.807) is 0 Å². The number of nitro benzene ring substituents is 2. The van der Waals surface area contributed by atoms with Crippen LogP contribution in [0.25, 0.3) is 0 Å². The molecular formula is C17H23N3O6. The molecule has 26 heavy (non-hydrogen) atoms. The molecule has 1 heterocycles. The number of piperidine rings is 1. The molecular weight excluding hydrogens is 342 g/mol. The summed E-state index contributed by atoms with van der Waals surface area (Å²) in [5, 5.41) is 21.9. The molecule has 2 rings (SSSR count). The largest absolute Gasteiger partial charge is 0.459 e. The van der Waals surface area contributed by atoms with Crippen molar-refractivity contribution in [3.8, 4) is 0 Å². The Morgan fingerprint density at radius 1 is 1.04 bits per heavy atom. The van der Waals surface area contributed by atoms with Crippen molar-refractivity contribution < 1.29 is 19.4 Å². The van der Waals surface area contributed by atoms with Gasteiger partial charge in [0, 0.05) is 36.1 Å². The smallest absolute Gasteiger partial charge is 0.338 e. The Morgan fingerprint density at radius 2 is 1.46 bits per heavy atom. The van der Waals surface area contributed by atoms with Gasteiger partial charge in [-0.3, -0.25) is 25.1 Å². The maximum absolute atomic E-state index is 12.5. The van der Waals surface area contributed by atoms with Crippen molar-refractivity contribution in [2.24, 2.45) is 0 Å². The van der Waals surface area contributed by atoms with Gasteiger partial charge in [0.05, 0.1) is 21.5 Å². The SMILES string of the molecule is CN1C(C)(C)CC(OC(=O)c2cc([N+](=O)[O-])cc([N+](=O)[O-])c2)CC1(C)C. The second-order valence-electron chi connectivity index (χ2n) is 7.87. The van der Waals surface area contributed by atoms with Crippen molar-refractivity contribution in [2.75, 3.05) is 7.05 Å². The normalized spacial score (nSPS) is 19.7. The summed E-state index contributed by atoms with van der Waals surface area (Å²) in [6, 6.07) is 2.82. The van der Waals surface area contributed by atoms with Gasteiger partial charge in [0.15, 0.2) is 0 Å². The van der Waals surface area contributed by atoms with Gasteiger partial charge in [0.1, 0.15) is 6.10 Å². The molecule has 1 aliphatic heterocycles. The van der Waals surface area contributed by atoms with E-state index < -0.39 is 27.2 Å². The summed E-state index contributed by atoms with van der Waals surface area (Å²) in [6.07, 6.45) is 0.799. The van der Waals surface area contributed by atoms with Gasteiger partial charge in [0.2, 0.25) is 0 Å². The Hall–Kier alpha value is -2.55. The van der Waals surface area contributed by atoms with Crippen LogP contribution in [0.2, 0.25) is 0 Å². The summed E-state index contributed by atoms with van der Waals surface area (Å²) < 4.78 is 5.56. The molecule has 0 aliphatic carbocycles. The zero-order chi connectivity index (χ0) is 19.9. The summed E-state index contributed by atoms with van der Waals surface area (Å²) in [6.45, 7) is 8.19. The van der Waals surface area contributed by atoms with Gasteiger partial charge in [-0.05, 0) is 34.7 Å². The molecule has 9 heteroatoms. The number of carbonyl (C=O) groups is 1. The molecule has 0 saturated carbocycles. The number of carbonyl (C=O) groups excluding carboxylic acids is 1. The van der Waals surface area contributed by atoms with E-state index in [1.165, 1.54) is 0 Å². The molecule has 0 unspecified atom stereocenters. The van der Waals surface area contributed by atoms with Gasteiger partial charge >= 0.3 is 5.97 Å². The molecule has 1 aromatic rings. The van der Waals surface area contributed by atoms with Crippen molar-refractivity contribution in [3.05, 3.63) is 44.0 Å². The topological polar surface area (TPSA) is 116 Å². The third kappa shape index (κ3) is 3.98. The van der Waals surface area contributed by atoms with E-state index in [1.807, 2.05) is 34.7 Å². The number of ether oxygens (including phenoxy) is 1. The molecule has 1 fully saturated rings. The fraction of sp³-hybridized carbons (Fsp3) is 0.588. The van der Waals surface area contributed by atoms with E-state index in [0.717, 1.165) is 18.2 Å². The van der Waals surface area contributed by atoms with Crippen LogP contribution < -0.4 is 0 Å². The van der Waals surface area contributed by atoms with Gasteiger partial charge < -0.3 is 4.74 Å². The van der Waals surface area contributed by atoms with Crippen LogP contribution in [-0.4, -0.2) is 44.9 Å². The minimum Gasteiger partial charge on any atom is -0.459 e. The van der Waals surface area contributed by atoms with Crippen molar-refractivity contribution in [3.63, 3.8) is 0 Å². The first kappa shape index (κ1) is 19.8. The first-order valence-electron chi connectivity index (χ1n) is 8.22. The lowest BCUT2D eigenvalue weighted by molar-refractivity contribution is -0.394. The number of rotatable bonds is 4. The minimum atomic E-state index is -0.794. The Balaban J connectivity index is 2.27. The van der Waals surface area contributed by atoms with E-state index in [-0.39, 0.29) is 22.7 Å². The zero-order valence-corrected chi connectivity index (χ0v) is 15.5. The molecule has 1 aromatic carbocycles. The number of non-ortho nitro benzene ring substituents is 2. The maximum Gasteiger partial charge on any atom is 0.338 e. The molecule has 0 aromatic heterocycles. The van der Waals surface area contributed by atoms with Crippen LogP contribution in [0.3, 0.4) is 0 Å². The van der Waals surface area contributed by atoms with Gasteiger partial charge in [-0.2, -0.15) is 0 Å². The highest BCUT2D eigenvalue weighted by Gasteiger charge is 2.44. The van der Waals surface area contributed by atoms with E-state index in [2.05, 4.69) is 4.90 Å². The highest BCUT2D eigenvalue weighted by atomic mass is 16.6. The van der Waals surface area contributed by atoms with Gasteiger partial charge in [-0.1, -0.05) is 0 Å². The third-order valence-corrected chi connectivity index (χ3v) is 5.10. The summed E-state index contributed by atoms with van der Waals surface area (Å²) in [5.41, 5.74) is -1.64. The van der Waals surface area contributed by atoms with E-state index in [9.17, 15) is 25.0 Å². The second kappa shape index (κ2) is 6.64. The summed E-state index contributed by atoms with van der Waals surface area (Å²) in [7, 11) is 2.02. The van der Waals surface area contributed by atoms with E-state index in [0.29, 0.717) is 12.8 Å². The van der Waals surface area contributed by atoms with Crippen LogP contribution in [0.4, 0.5) is 11.4 Å².